The fourth-order valence-electron chi connectivity index (χ4n) is 1.52. The molecule has 1 N–H and O–H groups in total. The molecule has 0 spiro atoms. The minimum Gasteiger partial charge on any atom is -0.300 e. The first-order valence-electron chi connectivity index (χ1n) is 5.97. The summed E-state index contributed by atoms with van der Waals surface area (Å²) in [6, 6.07) is 11.2. The maximum Gasteiger partial charge on any atom is 0.0962 e. The average Bonchev–Trinajstić information content (AvgIpc) is 2.30. The van der Waals surface area contributed by atoms with E-state index in [4.69, 9.17) is 5.26 Å². The molecule has 1 atom stereocenters. The summed E-state index contributed by atoms with van der Waals surface area (Å²) in [5.41, 5.74) is 1.28. The number of aryl methyl sites for hydroxylation is 1. The van der Waals surface area contributed by atoms with Gasteiger partial charge in [-0.3, -0.25) is 5.32 Å². The number of nitriles is 1. The molecule has 0 aliphatic heterocycles. The zero-order valence-corrected chi connectivity index (χ0v) is 11.6. The molecule has 1 aromatic rings. The summed E-state index contributed by atoms with van der Waals surface area (Å²) in [5, 5.41) is 12.2. The summed E-state index contributed by atoms with van der Waals surface area (Å²) in [7, 11) is 0. The summed E-state index contributed by atoms with van der Waals surface area (Å²) < 4.78 is 0. The van der Waals surface area contributed by atoms with Gasteiger partial charge in [-0.2, -0.15) is 5.26 Å². The third-order valence-corrected chi connectivity index (χ3v) is 3.43. The third-order valence-electron chi connectivity index (χ3n) is 2.39. The Balaban J connectivity index is 2.31. The van der Waals surface area contributed by atoms with Crippen LogP contribution < -0.4 is 5.32 Å². The molecule has 1 aromatic carbocycles. The fraction of sp³-hybridized carbons (Fsp3) is 0.500. The van der Waals surface area contributed by atoms with Crippen molar-refractivity contribution in [1.82, 2.24) is 5.32 Å². The highest BCUT2D eigenvalue weighted by atomic mass is 32.2. The molecule has 92 valence electrons. The van der Waals surface area contributed by atoms with Crippen LogP contribution in [0.25, 0.3) is 0 Å². The Kier molecular flexibility index (Phi) is 6.10. The third kappa shape index (κ3) is 5.76. The smallest absolute Gasteiger partial charge is 0.0962 e. The molecular weight excluding hydrogens is 228 g/mol. The van der Waals surface area contributed by atoms with Gasteiger partial charge in [0.25, 0.3) is 0 Å². The van der Waals surface area contributed by atoms with E-state index in [0.29, 0.717) is 6.04 Å². The Hall–Kier alpha value is -0.980. The van der Waals surface area contributed by atoms with E-state index in [2.05, 4.69) is 56.4 Å². The minimum atomic E-state index is -0.0343. The largest absolute Gasteiger partial charge is 0.300 e. The highest BCUT2D eigenvalue weighted by Crippen LogP contribution is 2.19. The van der Waals surface area contributed by atoms with Gasteiger partial charge in [-0.1, -0.05) is 17.7 Å². The number of rotatable bonds is 6. The Labute approximate surface area is 108 Å². The van der Waals surface area contributed by atoms with Crippen molar-refractivity contribution < 1.29 is 0 Å². The van der Waals surface area contributed by atoms with Crippen molar-refractivity contribution in [3.8, 4) is 6.07 Å². The molecule has 17 heavy (non-hydrogen) atoms. The molecule has 0 radical (unpaired) electrons. The first-order chi connectivity index (χ1) is 8.11. The van der Waals surface area contributed by atoms with Crippen LogP contribution in [-0.4, -0.2) is 17.8 Å². The zero-order valence-electron chi connectivity index (χ0n) is 10.7. The molecule has 0 amide bonds. The fourth-order valence-corrected chi connectivity index (χ4v) is 2.43. The molecule has 0 fully saturated rings. The van der Waals surface area contributed by atoms with E-state index >= 15 is 0 Å². The molecule has 1 rings (SSSR count). The van der Waals surface area contributed by atoms with E-state index < -0.39 is 0 Å². The van der Waals surface area contributed by atoms with E-state index in [1.807, 2.05) is 11.8 Å². The first-order valence-corrected chi connectivity index (χ1v) is 6.95. The van der Waals surface area contributed by atoms with Crippen molar-refractivity contribution in [2.75, 3.05) is 5.75 Å². The SMILES string of the molecule is Cc1ccc(SCCC(C#N)NC(C)C)cc1. The van der Waals surface area contributed by atoms with Gasteiger partial charge in [0.15, 0.2) is 0 Å². The summed E-state index contributed by atoms with van der Waals surface area (Å²) in [5.74, 6) is 0.973. The molecular formula is C14H20N2S. The number of nitrogens with zero attached hydrogens (tertiary/aromatic N) is 1. The van der Waals surface area contributed by atoms with Crippen LogP contribution in [0, 0.1) is 18.3 Å². The van der Waals surface area contributed by atoms with E-state index in [9.17, 15) is 0 Å². The second-order valence-electron chi connectivity index (χ2n) is 4.45. The van der Waals surface area contributed by atoms with Crippen LogP contribution in [0.1, 0.15) is 25.8 Å². The van der Waals surface area contributed by atoms with Crippen LogP contribution in [0.5, 0.6) is 0 Å². The van der Waals surface area contributed by atoms with Crippen LogP contribution >= 0.6 is 11.8 Å². The van der Waals surface area contributed by atoms with Crippen molar-refractivity contribution in [2.24, 2.45) is 0 Å². The Bertz CT molecular complexity index is 365. The number of benzene rings is 1. The quantitative estimate of drug-likeness (QED) is 0.784. The monoisotopic (exact) mass is 248 g/mol. The second kappa shape index (κ2) is 7.37. The van der Waals surface area contributed by atoms with Gasteiger partial charge in [0.05, 0.1) is 12.1 Å². The van der Waals surface area contributed by atoms with E-state index in [-0.39, 0.29) is 6.04 Å². The molecule has 0 aliphatic rings. The molecule has 0 bridgehead atoms. The molecule has 0 aliphatic carbocycles. The normalized spacial score (nSPS) is 12.4. The molecule has 0 saturated heterocycles. The summed E-state index contributed by atoms with van der Waals surface area (Å²) in [6.45, 7) is 6.22. The van der Waals surface area contributed by atoms with E-state index in [0.717, 1.165) is 12.2 Å². The van der Waals surface area contributed by atoms with Crippen LogP contribution in [0.3, 0.4) is 0 Å². The van der Waals surface area contributed by atoms with E-state index in [1.54, 1.807) is 0 Å². The summed E-state index contributed by atoms with van der Waals surface area (Å²) in [6.07, 6.45) is 0.882. The molecule has 0 heterocycles. The van der Waals surface area contributed by atoms with E-state index in [1.165, 1.54) is 10.5 Å². The van der Waals surface area contributed by atoms with Crippen LogP contribution in [0.4, 0.5) is 0 Å². The standard InChI is InChI=1S/C14H20N2S/c1-11(2)16-13(10-15)8-9-17-14-6-4-12(3)5-7-14/h4-7,11,13,16H,8-9H2,1-3H3. The van der Waals surface area contributed by atoms with Gasteiger partial charge in [0.2, 0.25) is 0 Å². The van der Waals surface area contributed by atoms with Gasteiger partial charge in [0, 0.05) is 16.7 Å². The number of thioether (sulfide) groups is 1. The van der Waals surface area contributed by atoms with Gasteiger partial charge >= 0.3 is 0 Å². The molecule has 2 nitrogen and oxygen atoms in total. The van der Waals surface area contributed by atoms with Gasteiger partial charge in [-0.05, 0) is 39.3 Å². The highest BCUT2D eigenvalue weighted by molar-refractivity contribution is 7.99. The average molecular weight is 248 g/mol. The number of hydrogen-bond acceptors (Lipinski definition) is 3. The maximum atomic E-state index is 8.99. The van der Waals surface area contributed by atoms with Crippen molar-refractivity contribution in [3.05, 3.63) is 29.8 Å². The predicted octanol–water partition coefficient (Wildman–Crippen LogP) is 3.37. The zero-order chi connectivity index (χ0) is 12.7. The topological polar surface area (TPSA) is 35.8 Å². The predicted molar refractivity (Wildman–Crippen MR) is 74.2 cm³/mol. The lowest BCUT2D eigenvalue weighted by atomic mass is 10.2. The summed E-state index contributed by atoms with van der Waals surface area (Å²) >= 11 is 1.81. The molecule has 0 aromatic heterocycles. The van der Waals surface area contributed by atoms with Crippen molar-refractivity contribution in [1.29, 1.82) is 5.26 Å². The highest BCUT2D eigenvalue weighted by Gasteiger charge is 2.08. The lowest BCUT2D eigenvalue weighted by Gasteiger charge is -2.13. The second-order valence-corrected chi connectivity index (χ2v) is 5.62. The molecule has 1 unspecified atom stereocenters. The Morgan fingerprint density at radius 2 is 1.94 bits per heavy atom. The first kappa shape index (κ1) is 14.1. The van der Waals surface area contributed by atoms with Gasteiger partial charge < -0.3 is 0 Å². The lowest BCUT2D eigenvalue weighted by molar-refractivity contribution is 0.522. The molecule has 0 saturated carbocycles. The van der Waals surface area contributed by atoms with Crippen LogP contribution in [0.2, 0.25) is 0 Å². The minimum absolute atomic E-state index is 0.0343. The van der Waals surface area contributed by atoms with Gasteiger partial charge in [0.1, 0.15) is 0 Å². The number of hydrogen-bond donors (Lipinski definition) is 1. The van der Waals surface area contributed by atoms with Crippen LogP contribution in [-0.2, 0) is 0 Å². The summed E-state index contributed by atoms with van der Waals surface area (Å²) in [4.78, 5) is 1.27. The maximum absolute atomic E-state index is 8.99. The van der Waals surface area contributed by atoms with Crippen molar-refractivity contribution in [2.45, 2.75) is 44.2 Å². The van der Waals surface area contributed by atoms with Crippen LogP contribution in [0.15, 0.2) is 29.2 Å². The molecule has 3 heteroatoms. The lowest BCUT2D eigenvalue weighted by Crippen LogP contribution is -2.33. The Morgan fingerprint density at radius 3 is 2.47 bits per heavy atom. The van der Waals surface area contributed by atoms with Gasteiger partial charge in [-0.25, -0.2) is 0 Å². The Morgan fingerprint density at radius 1 is 1.29 bits per heavy atom. The van der Waals surface area contributed by atoms with Gasteiger partial charge in [-0.15, -0.1) is 11.8 Å². The van der Waals surface area contributed by atoms with Crippen molar-refractivity contribution >= 4 is 11.8 Å². The van der Waals surface area contributed by atoms with Crippen molar-refractivity contribution in [3.63, 3.8) is 0 Å². The number of nitrogens with one attached hydrogen (secondary N) is 1.